The zero-order chi connectivity index (χ0) is 66.3. The van der Waals surface area contributed by atoms with E-state index in [0.717, 1.165) is 103 Å². The molecule has 0 radical (unpaired) electrons. The summed E-state index contributed by atoms with van der Waals surface area (Å²) in [5.74, 6) is -1.59. The first-order valence-electron chi connectivity index (χ1n) is 30.6. The number of carboxylic acid groups (broad SMARTS) is 2. The highest BCUT2D eigenvalue weighted by Gasteiger charge is 2.47. The van der Waals surface area contributed by atoms with E-state index < -0.39 is 11.9 Å². The predicted molar refractivity (Wildman–Crippen MR) is 358 cm³/mol. The quantitative estimate of drug-likeness (QED) is 0.0921. The number of fused-ring (bicyclic) bond motifs is 4. The Hall–Kier alpha value is -8.06. The summed E-state index contributed by atoms with van der Waals surface area (Å²) >= 11 is 14.4. The lowest BCUT2D eigenvalue weighted by Crippen LogP contribution is -2.45. The van der Waals surface area contributed by atoms with Crippen molar-refractivity contribution in [1.29, 1.82) is 0 Å². The Morgan fingerprint density at radius 1 is 0.489 bits per heavy atom. The van der Waals surface area contributed by atoms with Gasteiger partial charge in [0.15, 0.2) is 24.5 Å². The molecule has 6 heterocycles. The lowest BCUT2D eigenvalue weighted by molar-refractivity contribution is -0.881. The van der Waals surface area contributed by atoms with Gasteiger partial charge in [0.05, 0.1) is 49.1 Å². The van der Waals surface area contributed by atoms with E-state index in [1.807, 2.05) is 12.1 Å². The molecular formula is C74H88Cl2N6O8+4. The number of halogens is 2. The van der Waals surface area contributed by atoms with Gasteiger partial charge in [-0.05, 0) is 89.1 Å². The summed E-state index contributed by atoms with van der Waals surface area (Å²) in [4.78, 5) is 60.3. The molecule has 4 aromatic carbocycles. The summed E-state index contributed by atoms with van der Waals surface area (Å²) in [6, 6.07) is 34.0. The number of allylic oxidation sites excluding steroid dienone is 8. The fourth-order valence-corrected chi connectivity index (χ4v) is 14.5. The van der Waals surface area contributed by atoms with E-state index in [4.69, 9.17) is 42.4 Å². The molecule has 0 fully saturated rings. The molecule has 2 N–H and O–H groups in total. The van der Waals surface area contributed by atoms with Crippen LogP contribution >= 0.6 is 23.2 Å². The summed E-state index contributed by atoms with van der Waals surface area (Å²) in [5.41, 5.74) is 18.3. The van der Waals surface area contributed by atoms with Crippen LogP contribution in [0.4, 0.5) is 22.7 Å². The highest BCUT2D eigenvalue weighted by molar-refractivity contribution is 6.33. The van der Waals surface area contributed by atoms with Crippen molar-refractivity contribution in [3.05, 3.63) is 212 Å². The van der Waals surface area contributed by atoms with Gasteiger partial charge >= 0.3 is 24.2 Å². The molecule has 0 atom stereocenters. The van der Waals surface area contributed by atoms with Crippen LogP contribution in [0.5, 0.6) is 0 Å². The number of rotatable bonds is 14. The summed E-state index contributed by atoms with van der Waals surface area (Å²) in [5, 5.41) is 20.5. The van der Waals surface area contributed by atoms with Gasteiger partial charge in [-0.25, -0.2) is 0 Å². The minimum absolute atomic E-state index is 0.0751. The van der Waals surface area contributed by atoms with Gasteiger partial charge in [0.25, 0.3) is 0 Å². The second-order valence-corrected chi connectivity index (χ2v) is 27.7. The van der Waals surface area contributed by atoms with E-state index >= 15 is 0 Å². The third-order valence-corrected chi connectivity index (χ3v) is 19.2. The summed E-state index contributed by atoms with van der Waals surface area (Å²) in [7, 11) is 8.97. The molecule has 0 aliphatic carbocycles. The lowest BCUT2D eigenvalue weighted by Gasteiger charge is -2.35. The van der Waals surface area contributed by atoms with E-state index in [1.165, 1.54) is 45.0 Å². The SMILES string of the molecule is CCN1C(=CC=C2C[N+](C)(C)CC(C=CC3=[N+](CCC(=O)O)c4ccccc4C3(C)C)=C2Cl)C(C)(C)c2ccccc21.CCN1C(=CC=C2C[N+](C)(C)CC(C=CC3=[N+](CCC(=O)O)c4ccccc4C3(C)C)=C2Cl)C(C)(C)c2ccccc21.O=C=O.O=C=O. The topological polar surface area (TPSA) is 155 Å². The minimum Gasteiger partial charge on any atom is -0.481 e. The zero-order valence-electron chi connectivity index (χ0n) is 54.7. The van der Waals surface area contributed by atoms with Crippen LogP contribution in [-0.4, -0.2) is 145 Å². The standard InChI is InChI=1S/2C36H43ClN3O2.2CO2/c2*1-8-38-29-15-11-9-13-27(29)35(2,3)31(38)19-17-25-23-40(6,7)24-26(34(25)37)18-20-32-36(4,5)28-14-10-12-16-30(28)39(32)22-21-33(41)42;2*2-1-3/h2*9-20H,8,21-24H2,1-7H3;;/q2*+1;;/p+2. The fourth-order valence-electron chi connectivity index (χ4n) is 14.0. The molecule has 472 valence electrons. The monoisotopic (exact) mass is 1260 g/mol. The van der Waals surface area contributed by atoms with Crippen LogP contribution in [0.2, 0.25) is 0 Å². The van der Waals surface area contributed by atoms with E-state index in [1.54, 1.807) is 0 Å². The second kappa shape index (κ2) is 28.0. The molecule has 0 saturated heterocycles. The van der Waals surface area contributed by atoms with Crippen molar-refractivity contribution >= 4 is 81.6 Å². The molecule has 90 heavy (non-hydrogen) atoms. The van der Waals surface area contributed by atoms with Crippen LogP contribution in [0.3, 0.4) is 0 Å². The normalized spacial score (nSPS) is 21.1. The van der Waals surface area contributed by atoms with Gasteiger partial charge in [-0.1, -0.05) is 136 Å². The number of hydrogen-bond acceptors (Lipinski definition) is 8. The van der Waals surface area contributed by atoms with Crippen LogP contribution in [-0.2, 0) is 50.4 Å². The van der Waals surface area contributed by atoms with Crippen LogP contribution in [0, 0.1) is 0 Å². The Morgan fingerprint density at radius 3 is 1.12 bits per heavy atom. The van der Waals surface area contributed by atoms with E-state index in [2.05, 4.69) is 250 Å². The van der Waals surface area contributed by atoms with Crippen molar-refractivity contribution < 1.29 is 57.1 Å². The highest BCUT2D eigenvalue weighted by atomic mass is 35.5. The Labute approximate surface area is 541 Å². The number of benzene rings is 4. The van der Waals surface area contributed by atoms with Crippen LogP contribution in [0.1, 0.15) is 104 Å². The molecule has 10 rings (SSSR count). The second-order valence-electron chi connectivity index (χ2n) is 26.9. The van der Waals surface area contributed by atoms with Gasteiger partial charge in [-0.15, -0.1) is 0 Å². The zero-order valence-corrected chi connectivity index (χ0v) is 56.2. The number of hydrogen-bond donors (Lipinski definition) is 2. The number of nitrogens with zero attached hydrogens (tertiary/aromatic N) is 6. The van der Waals surface area contributed by atoms with E-state index in [9.17, 15) is 19.8 Å². The van der Waals surface area contributed by atoms with E-state index in [0.29, 0.717) is 13.1 Å². The molecule has 0 spiro atoms. The fraction of sp³-hybridized carbons (Fsp3) is 0.378. The smallest absolute Gasteiger partial charge is 0.373 e. The van der Waals surface area contributed by atoms with Gasteiger partial charge in [0, 0.05) is 104 Å². The van der Waals surface area contributed by atoms with Gasteiger partial charge in [0.2, 0.25) is 11.4 Å². The number of carboxylic acids is 2. The van der Waals surface area contributed by atoms with Gasteiger partial charge in [-0.2, -0.15) is 28.3 Å². The van der Waals surface area contributed by atoms with Crippen molar-refractivity contribution in [3.8, 4) is 0 Å². The molecule has 14 nitrogen and oxygen atoms in total. The average molecular weight is 1260 g/mol. The Morgan fingerprint density at radius 2 is 0.800 bits per heavy atom. The van der Waals surface area contributed by atoms with Crippen LogP contribution < -0.4 is 9.80 Å². The molecule has 4 aromatic rings. The first kappa shape index (κ1) is 69.4. The Bertz CT molecular complexity index is 3620. The lowest BCUT2D eigenvalue weighted by atomic mass is 9.81. The van der Waals surface area contributed by atoms with Gasteiger partial charge < -0.3 is 29.0 Å². The largest absolute Gasteiger partial charge is 0.481 e. The van der Waals surface area contributed by atoms with Crippen molar-refractivity contribution in [3.63, 3.8) is 0 Å². The summed E-state index contributed by atoms with van der Waals surface area (Å²) in [6.45, 7) is 28.4. The number of carbonyl (C=O) groups is 2. The molecule has 16 heteroatoms. The number of carbonyl (C=O) groups excluding carboxylic acids is 4. The number of aliphatic carboxylic acids is 2. The van der Waals surface area contributed by atoms with Crippen LogP contribution in [0.15, 0.2) is 189 Å². The Kier molecular flexibility index (Phi) is 21.6. The molecule has 0 bridgehead atoms. The maximum Gasteiger partial charge on any atom is 0.373 e. The third-order valence-electron chi connectivity index (χ3n) is 18.2. The van der Waals surface area contributed by atoms with Crippen molar-refractivity contribution in [2.24, 2.45) is 0 Å². The van der Waals surface area contributed by atoms with Crippen molar-refractivity contribution in [1.82, 2.24) is 0 Å². The Balaban J connectivity index is 0.000000236. The van der Waals surface area contributed by atoms with Crippen molar-refractivity contribution in [2.75, 3.05) is 90.3 Å². The first-order chi connectivity index (χ1) is 42.4. The third kappa shape index (κ3) is 14.4. The molecule has 0 saturated carbocycles. The number of para-hydroxylation sites is 4. The maximum atomic E-state index is 11.5. The van der Waals surface area contributed by atoms with E-state index in [-0.39, 0.29) is 46.8 Å². The molecule has 0 aromatic heterocycles. The number of likely N-dealkylation sites (N-methyl/N-ethyl adjacent to an activating group) is 4. The summed E-state index contributed by atoms with van der Waals surface area (Å²) in [6.07, 6.45) is 18.3. The number of anilines is 2. The molecule has 6 aliphatic rings. The van der Waals surface area contributed by atoms with Gasteiger partial charge in [-0.3, -0.25) is 9.59 Å². The molecule has 0 amide bonds. The van der Waals surface area contributed by atoms with Gasteiger partial charge in [0.1, 0.15) is 39.0 Å². The minimum atomic E-state index is -0.795. The number of quaternary nitrogens is 2. The maximum absolute atomic E-state index is 11.5. The first-order valence-corrected chi connectivity index (χ1v) is 31.4. The summed E-state index contributed by atoms with van der Waals surface area (Å²) < 4.78 is 5.93. The average Bonchev–Trinajstić information content (AvgIpc) is 1.62. The van der Waals surface area contributed by atoms with Crippen LogP contribution in [0.25, 0.3) is 0 Å². The molecular weight excluding hydrogens is 1170 g/mol. The molecule has 0 unspecified atom stereocenters. The molecule has 6 aliphatic heterocycles. The predicted octanol–water partition coefficient (Wildman–Crippen LogP) is 13.4. The van der Waals surface area contributed by atoms with Crippen molar-refractivity contribution in [2.45, 2.75) is 104 Å². The highest BCUT2D eigenvalue weighted by Crippen LogP contribution is 2.50.